The van der Waals surface area contributed by atoms with E-state index in [-0.39, 0.29) is 54.0 Å². The largest absolute Gasteiger partial charge is 0.477 e. The molecule has 43 heavy (non-hydrogen) atoms. The first-order chi connectivity index (χ1) is 20.5. The summed E-state index contributed by atoms with van der Waals surface area (Å²) in [6.45, 7) is 6.44. The van der Waals surface area contributed by atoms with Crippen LogP contribution in [0.15, 0.2) is 17.1 Å². The van der Waals surface area contributed by atoms with E-state index in [9.17, 15) is 19.2 Å². The highest BCUT2D eigenvalue weighted by atomic mass is 16.6. The summed E-state index contributed by atoms with van der Waals surface area (Å²) in [5, 5.41) is 5.44. The molecule has 4 aliphatic rings. The molecule has 6 N–H and O–H groups in total. The lowest BCUT2D eigenvalue weighted by atomic mass is 9.58. The quantitative estimate of drug-likeness (QED) is 0.164. The van der Waals surface area contributed by atoms with Gasteiger partial charge in [0, 0.05) is 62.6 Å². The maximum absolute atomic E-state index is 13.3. The van der Waals surface area contributed by atoms with Crippen LogP contribution in [-0.4, -0.2) is 90.9 Å². The Bertz CT molecular complexity index is 1330. The number of nitrogens with two attached hydrogens (primary N) is 2. The van der Waals surface area contributed by atoms with Crippen molar-refractivity contribution in [3.8, 4) is 11.5 Å². The predicted molar refractivity (Wildman–Crippen MR) is 159 cm³/mol. The Morgan fingerprint density at radius 3 is 2.77 bits per heavy atom. The number of hydrogen-bond donors (Lipinski definition) is 4. The van der Waals surface area contributed by atoms with Gasteiger partial charge in [-0.15, -0.1) is 0 Å². The number of piperidine rings is 1. The van der Waals surface area contributed by atoms with E-state index in [4.69, 9.17) is 20.9 Å². The molecular weight excluding hydrogens is 554 g/mol. The van der Waals surface area contributed by atoms with E-state index in [0.29, 0.717) is 49.9 Å². The normalized spacial score (nSPS) is 27.0. The number of benzene rings is 1. The van der Waals surface area contributed by atoms with Crippen LogP contribution >= 0.6 is 0 Å². The maximum atomic E-state index is 13.3. The van der Waals surface area contributed by atoms with Gasteiger partial charge in [-0.3, -0.25) is 24.3 Å². The summed E-state index contributed by atoms with van der Waals surface area (Å²) in [7, 11) is 2.15. The molecule has 1 spiro atoms. The Balaban J connectivity index is 1.25. The van der Waals surface area contributed by atoms with Gasteiger partial charge in [0.1, 0.15) is 6.04 Å². The van der Waals surface area contributed by atoms with Gasteiger partial charge in [0.05, 0.1) is 0 Å². The van der Waals surface area contributed by atoms with Gasteiger partial charge in [0.15, 0.2) is 29.3 Å². The highest BCUT2D eigenvalue weighted by molar-refractivity contribution is 5.90. The molecule has 2 aliphatic heterocycles. The standard InChI is InChI=1S/C30H43N7O6/c1-5-37(14-13-33-27(40)20(35-17(3)38)7-6-12-34-28(31)32)29(41)42-23-11-8-18-21-15-30-19(16(2)36(21)4)9-10-22(39)26(30)43-25(23)24(18)30/h8,11,16,19-21,26H,5-7,9-10,12-15H2,1-4H3,(H,33,40)(H,35,38)(H4,31,32,34). The number of guanidine groups is 1. The third-order valence-electron chi connectivity index (χ3n) is 9.74. The Morgan fingerprint density at radius 1 is 1.30 bits per heavy atom. The second kappa shape index (κ2) is 12.0. The number of ether oxygens (including phenoxy) is 2. The van der Waals surface area contributed by atoms with E-state index < -0.39 is 18.2 Å². The van der Waals surface area contributed by atoms with Crippen molar-refractivity contribution in [2.24, 2.45) is 22.4 Å². The van der Waals surface area contributed by atoms with Gasteiger partial charge in [0.2, 0.25) is 11.8 Å². The molecule has 1 saturated heterocycles. The summed E-state index contributed by atoms with van der Waals surface area (Å²) in [5.41, 5.74) is 12.5. The lowest BCUT2D eigenvalue weighted by molar-refractivity contribution is -0.138. The topological polar surface area (TPSA) is 182 Å². The summed E-state index contributed by atoms with van der Waals surface area (Å²) in [4.78, 5) is 58.7. The Labute approximate surface area is 251 Å². The molecule has 5 rings (SSSR count). The molecule has 2 aliphatic carbocycles. The Kier molecular flexibility index (Phi) is 8.55. The van der Waals surface area contributed by atoms with Crippen molar-refractivity contribution in [3.63, 3.8) is 0 Å². The van der Waals surface area contributed by atoms with Gasteiger partial charge in [0.25, 0.3) is 0 Å². The molecular formula is C30H43N7O6. The third kappa shape index (κ3) is 5.39. The number of amides is 3. The van der Waals surface area contributed by atoms with Gasteiger partial charge in [-0.25, -0.2) is 4.79 Å². The van der Waals surface area contributed by atoms with Gasteiger partial charge < -0.3 is 36.5 Å². The predicted octanol–water partition coefficient (Wildman–Crippen LogP) is 0.938. The number of nitrogens with zero attached hydrogens (tertiary/aromatic N) is 3. The fraction of sp³-hybridized carbons (Fsp3) is 0.633. The van der Waals surface area contributed by atoms with Gasteiger partial charge in [-0.2, -0.15) is 0 Å². The van der Waals surface area contributed by atoms with Crippen LogP contribution in [0.4, 0.5) is 4.79 Å². The van der Waals surface area contributed by atoms with Gasteiger partial charge in [-0.1, -0.05) is 6.07 Å². The average molecular weight is 598 g/mol. The lowest BCUT2D eigenvalue weighted by Crippen LogP contribution is -2.60. The van der Waals surface area contributed by atoms with Crippen LogP contribution in [0, 0.1) is 5.92 Å². The van der Waals surface area contributed by atoms with Crippen LogP contribution < -0.4 is 31.6 Å². The number of aliphatic imine (C=N–C) groups is 1. The zero-order valence-electron chi connectivity index (χ0n) is 25.4. The first-order valence-electron chi connectivity index (χ1n) is 15.1. The van der Waals surface area contributed by atoms with E-state index in [1.807, 2.05) is 13.0 Å². The smallest absolute Gasteiger partial charge is 0.415 e. The van der Waals surface area contributed by atoms with Crippen LogP contribution in [0.25, 0.3) is 0 Å². The van der Waals surface area contributed by atoms with Crippen LogP contribution in [0.5, 0.6) is 11.5 Å². The van der Waals surface area contributed by atoms with Crippen molar-refractivity contribution in [1.82, 2.24) is 20.4 Å². The number of rotatable bonds is 11. The molecule has 0 radical (unpaired) electrons. The number of likely N-dealkylation sites (N-methyl/N-ethyl adjacent to an activating group) is 1. The van der Waals surface area contributed by atoms with Crippen molar-refractivity contribution >= 4 is 29.7 Å². The number of Topliss-reactive ketones (excluding diaryl/α,β-unsaturated/α-hetero) is 1. The van der Waals surface area contributed by atoms with Crippen molar-refractivity contribution in [3.05, 3.63) is 23.3 Å². The van der Waals surface area contributed by atoms with Crippen molar-refractivity contribution < 1.29 is 28.7 Å². The molecule has 2 bridgehead atoms. The molecule has 1 aromatic rings. The average Bonchev–Trinajstić information content (AvgIpc) is 3.46. The minimum atomic E-state index is -0.753. The van der Waals surface area contributed by atoms with Crippen LogP contribution in [0.1, 0.15) is 70.0 Å². The molecule has 13 nitrogen and oxygen atoms in total. The number of carbonyl (C=O) groups is 4. The molecule has 6 atom stereocenters. The van der Waals surface area contributed by atoms with Crippen LogP contribution in [0.3, 0.4) is 0 Å². The zero-order chi connectivity index (χ0) is 31.1. The SMILES string of the molecule is CCN(CCNC(=O)C(CCCN=C(N)N)NC(C)=O)C(=O)Oc1ccc2c3c1OC1C(=O)CCC4C(C)N(C)C2CC314. The van der Waals surface area contributed by atoms with Crippen LogP contribution in [-0.2, 0) is 19.8 Å². The van der Waals surface area contributed by atoms with Crippen LogP contribution in [0.2, 0.25) is 0 Å². The first-order valence-corrected chi connectivity index (χ1v) is 15.1. The minimum absolute atomic E-state index is 0.0343. The number of ketones is 1. The first kappa shape index (κ1) is 30.6. The highest BCUT2D eigenvalue weighted by Gasteiger charge is 2.68. The zero-order valence-corrected chi connectivity index (χ0v) is 25.4. The minimum Gasteiger partial charge on any atom is -0.477 e. The molecule has 2 heterocycles. The number of fused-ring (bicyclic) bond motifs is 2. The number of hydrogen-bond acceptors (Lipinski definition) is 8. The van der Waals surface area contributed by atoms with Crippen molar-refractivity contribution in [1.29, 1.82) is 0 Å². The van der Waals surface area contributed by atoms with E-state index in [1.54, 1.807) is 6.07 Å². The van der Waals surface area contributed by atoms with E-state index in [2.05, 4.69) is 34.5 Å². The lowest BCUT2D eigenvalue weighted by Gasteiger charge is -2.52. The number of carbonyl (C=O) groups excluding carboxylic acids is 4. The maximum Gasteiger partial charge on any atom is 0.415 e. The summed E-state index contributed by atoms with van der Waals surface area (Å²) in [5.74, 6) is 0.508. The fourth-order valence-corrected chi connectivity index (χ4v) is 7.69. The summed E-state index contributed by atoms with van der Waals surface area (Å²) >= 11 is 0. The monoisotopic (exact) mass is 597 g/mol. The summed E-state index contributed by atoms with van der Waals surface area (Å²) < 4.78 is 12.3. The second-order valence-corrected chi connectivity index (χ2v) is 12.1. The molecule has 1 aromatic carbocycles. The van der Waals surface area contributed by atoms with Gasteiger partial charge in [-0.05, 0) is 64.1 Å². The molecule has 1 saturated carbocycles. The molecule has 6 unspecified atom stereocenters. The summed E-state index contributed by atoms with van der Waals surface area (Å²) in [6.07, 6.45) is 1.89. The van der Waals surface area contributed by atoms with E-state index in [1.165, 1.54) is 11.8 Å². The van der Waals surface area contributed by atoms with E-state index in [0.717, 1.165) is 24.0 Å². The number of likely N-dealkylation sites (tertiary alicyclic amines) is 1. The third-order valence-corrected chi connectivity index (χ3v) is 9.74. The van der Waals surface area contributed by atoms with E-state index >= 15 is 0 Å². The second-order valence-electron chi connectivity index (χ2n) is 12.1. The molecule has 0 aromatic heterocycles. The Hall–Kier alpha value is -3.87. The highest BCUT2D eigenvalue weighted by Crippen LogP contribution is 2.68. The molecule has 2 fully saturated rings. The van der Waals surface area contributed by atoms with Gasteiger partial charge >= 0.3 is 6.09 Å². The number of nitrogens with one attached hydrogen (secondary N) is 2. The molecule has 13 heteroatoms. The van der Waals surface area contributed by atoms with Crippen molar-refractivity contribution in [2.45, 2.75) is 82.5 Å². The summed E-state index contributed by atoms with van der Waals surface area (Å²) in [6, 6.07) is 3.54. The molecule has 234 valence electrons. The van der Waals surface area contributed by atoms with Crippen molar-refractivity contribution in [2.75, 3.05) is 33.2 Å². The molecule has 3 amide bonds. The Morgan fingerprint density at radius 2 is 2.07 bits per heavy atom. The fourth-order valence-electron chi connectivity index (χ4n) is 7.69.